The van der Waals surface area contributed by atoms with Crippen LogP contribution in [-0.4, -0.2) is 11.2 Å². The lowest BCUT2D eigenvalue weighted by Gasteiger charge is -2.07. The maximum absolute atomic E-state index is 5.70. The first-order chi connectivity index (χ1) is 9.67. The Labute approximate surface area is 121 Å². The molecule has 1 aromatic heterocycles. The molecule has 20 heavy (non-hydrogen) atoms. The van der Waals surface area contributed by atoms with Gasteiger partial charge >= 0.3 is 0 Å². The second kappa shape index (κ2) is 7.25. The molecule has 0 N–H and O–H groups in total. The van der Waals surface area contributed by atoms with Crippen LogP contribution in [0.1, 0.15) is 31.4 Å². The second-order valence-corrected chi connectivity index (χ2v) is 5.60. The van der Waals surface area contributed by atoms with Crippen molar-refractivity contribution in [3.05, 3.63) is 54.1 Å². The zero-order valence-corrected chi connectivity index (χ0v) is 12.7. The van der Waals surface area contributed by atoms with Gasteiger partial charge in [-0.05, 0) is 18.4 Å². The van der Waals surface area contributed by atoms with Crippen LogP contribution in [0.5, 0.6) is 0 Å². The average molecular weight is 273 g/mol. The highest BCUT2D eigenvalue weighted by atomic mass is 16.5. The number of benzene rings is 1. The Morgan fingerprint density at radius 1 is 1.35 bits per heavy atom. The maximum atomic E-state index is 5.70. The standard InChI is InChI=1S/C17H25N2O/c1-4-15(2)12-20-14-19-9-8-18(13-19)11-17-7-5-6-16(3)10-17/h5-10,13,15H,4,11-12,14H2,1-3H3/q+1/t15-/m0/s1. The Morgan fingerprint density at radius 3 is 2.95 bits per heavy atom. The highest BCUT2D eigenvalue weighted by Gasteiger charge is 2.06. The Balaban J connectivity index is 1.86. The van der Waals surface area contributed by atoms with Gasteiger partial charge in [0.05, 0.1) is 6.61 Å². The normalized spacial score (nSPS) is 12.6. The summed E-state index contributed by atoms with van der Waals surface area (Å²) in [6.45, 7) is 8.90. The Bertz CT molecular complexity index is 533. The molecule has 0 radical (unpaired) electrons. The third-order valence-electron chi connectivity index (χ3n) is 3.53. The Morgan fingerprint density at radius 2 is 2.20 bits per heavy atom. The van der Waals surface area contributed by atoms with Crippen LogP contribution >= 0.6 is 0 Å². The first-order valence-corrected chi connectivity index (χ1v) is 7.35. The van der Waals surface area contributed by atoms with Crippen molar-refractivity contribution in [1.29, 1.82) is 0 Å². The molecule has 0 aliphatic heterocycles. The van der Waals surface area contributed by atoms with E-state index in [4.69, 9.17) is 4.74 Å². The molecular weight excluding hydrogens is 248 g/mol. The van der Waals surface area contributed by atoms with Crippen LogP contribution in [0.4, 0.5) is 0 Å². The number of ether oxygens (including phenoxy) is 1. The minimum Gasteiger partial charge on any atom is -0.341 e. The molecular formula is C17H25N2O+. The summed E-state index contributed by atoms with van der Waals surface area (Å²) in [7, 11) is 0. The van der Waals surface area contributed by atoms with E-state index >= 15 is 0 Å². The monoisotopic (exact) mass is 273 g/mol. The van der Waals surface area contributed by atoms with E-state index in [1.165, 1.54) is 17.5 Å². The number of nitrogens with zero attached hydrogens (tertiary/aromatic N) is 2. The molecule has 0 bridgehead atoms. The summed E-state index contributed by atoms with van der Waals surface area (Å²) < 4.78 is 9.97. The summed E-state index contributed by atoms with van der Waals surface area (Å²) in [5.41, 5.74) is 2.63. The molecule has 2 rings (SSSR count). The largest absolute Gasteiger partial charge is 0.341 e. The number of aryl methyl sites for hydroxylation is 1. The van der Waals surface area contributed by atoms with Crippen LogP contribution in [0.25, 0.3) is 0 Å². The van der Waals surface area contributed by atoms with Crippen molar-refractivity contribution in [3.8, 4) is 0 Å². The van der Waals surface area contributed by atoms with Gasteiger partial charge in [0.15, 0.2) is 6.73 Å². The van der Waals surface area contributed by atoms with E-state index in [1.807, 2.05) is 0 Å². The molecule has 108 valence electrons. The highest BCUT2D eigenvalue weighted by molar-refractivity contribution is 5.21. The van der Waals surface area contributed by atoms with Crippen LogP contribution in [-0.2, 0) is 18.0 Å². The number of hydrogen-bond donors (Lipinski definition) is 0. The molecule has 1 aromatic carbocycles. The lowest BCUT2D eigenvalue weighted by Crippen LogP contribution is -2.31. The van der Waals surface area contributed by atoms with Crippen molar-refractivity contribution in [2.45, 2.75) is 40.5 Å². The van der Waals surface area contributed by atoms with E-state index in [0.29, 0.717) is 12.6 Å². The molecule has 0 unspecified atom stereocenters. The van der Waals surface area contributed by atoms with E-state index in [-0.39, 0.29) is 0 Å². The van der Waals surface area contributed by atoms with E-state index in [9.17, 15) is 0 Å². The number of hydrogen-bond acceptors (Lipinski definition) is 1. The number of rotatable bonds is 7. The van der Waals surface area contributed by atoms with Crippen molar-refractivity contribution in [2.75, 3.05) is 6.61 Å². The van der Waals surface area contributed by atoms with Gasteiger partial charge in [-0.15, -0.1) is 0 Å². The van der Waals surface area contributed by atoms with Crippen molar-refractivity contribution < 1.29 is 9.30 Å². The van der Waals surface area contributed by atoms with Crippen molar-refractivity contribution in [3.63, 3.8) is 0 Å². The highest BCUT2D eigenvalue weighted by Crippen LogP contribution is 2.04. The van der Waals surface area contributed by atoms with Gasteiger partial charge < -0.3 is 4.74 Å². The third kappa shape index (κ3) is 4.49. The predicted molar refractivity (Wildman–Crippen MR) is 80.3 cm³/mol. The molecule has 3 heteroatoms. The number of imidazole rings is 1. The second-order valence-electron chi connectivity index (χ2n) is 5.60. The first-order valence-electron chi connectivity index (χ1n) is 7.35. The van der Waals surface area contributed by atoms with Gasteiger partial charge in [-0.25, -0.2) is 9.13 Å². The zero-order chi connectivity index (χ0) is 14.4. The molecule has 0 aliphatic carbocycles. The van der Waals surface area contributed by atoms with Crippen LogP contribution in [0.15, 0.2) is 43.0 Å². The zero-order valence-electron chi connectivity index (χ0n) is 12.7. The summed E-state index contributed by atoms with van der Waals surface area (Å²) in [6.07, 6.45) is 7.42. The van der Waals surface area contributed by atoms with Gasteiger partial charge in [0.2, 0.25) is 6.33 Å². The van der Waals surface area contributed by atoms with Gasteiger partial charge in [-0.2, -0.15) is 0 Å². The van der Waals surface area contributed by atoms with E-state index in [2.05, 4.69) is 72.9 Å². The third-order valence-corrected chi connectivity index (χ3v) is 3.53. The Hall–Kier alpha value is -1.61. The summed E-state index contributed by atoms with van der Waals surface area (Å²) in [4.78, 5) is 0. The predicted octanol–water partition coefficient (Wildman–Crippen LogP) is 3.15. The van der Waals surface area contributed by atoms with Crippen LogP contribution in [0.2, 0.25) is 0 Å². The van der Waals surface area contributed by atoms with Crippen LogP contribution < -0.4 is 4.57 Å². The van der Waals surface area contributed by atoms with Crippen LogP contribution in [0, 0.1) is 12.8 Å². The average Bonchev–Trinajstić information content (AvgIpc) is 2.86. The molecule has 0 spiro atoms. The fourth-order valence-electron chi connectivity index (χ4n) is 2.11. The first kappa shape index (κ1) is 14.8. The van der Waals surface area contributed by atoms with E-state index < -0.39 is 0 Å². The molecule has 3 nitrogen and oxygen atoms in total. The molecule has 1 heterocycles. The fourth-order valence-corrected chi connectivity index (χ4v) is 2.11. The minimum absolute atomic E-state index is 0.630. The SMILES string of the molecule is CC[C@H](C)COCn1cc[n+](Cc2cccc(C)c2)c1. The summed E-state index contributed by atoms with van der Waals surface area (Å²) in [6, 6.07) is 8.63. The molecule has 0 aliphatic rings. The molecule has 2 aromatic rings. The maximum Gasteiger partial charge on any atom is 0.245 e. The van der Waals surface area contributed by atoms with Gasteiger partial charge in [-0.1, -0.05) is 50.1 Å². The lowest BCUT2D eigenvalue weighted by atomic mass is 10.1. The van der Waals surface area contributed by atoms with Gasteiger partial charge in [0.25, 0.3) is 0 Å². The summed E-state index contributed by atoms with van der Waals surface area (Å²) >= 11 is 0. The summed E-state index contributed by atoms with van der Waals surface area (Å²) in [5.74, 6) is 0.630. The molecule has 0 saturated heterocycles. The van der Waals surface area contributed by atoms with Crippen molar-refractivity contribution in [2.24, 2.45) is 5.92 Å². The quantitative estimate of drug-likeness (QED) is 0.709. The molecule has 0 saturated carbocycles. The van der Waals surface area contributed by atoms with Gasteiger partial charge in [0.1, 0.15) is 18.9 Å². The smallest absolute Gasteiger partial charge is 0.245 e. The fraction of sp³-hybridized carbons (Fsp3) is 0.471. The Kier molecular flexibility index (Phi) is 5.36. The summed E-state index contributed by atoms with van der Waals surface area (Å²) in [5, 5.41) is 0. The van der Waals surface area contributed by atoms with Gasteiger partial charge in [0, 0.05) is 0 Å². The van der Waals surface area contributed by atoms with Gasteiger partial charge in [-0.3, -0.25) is 0 Å². The molecule has 1 atom stereocenters. The number of aromatic nitrogens is 2. The van der Waals surface area contributed by atoms with E-state index in [1.54, 1.807) is 0 Å². The molecule has 0 amide bonds. The van der Waals surface area contributed by atoms with Crippen LogP contribution in [0.3, 0.4) is 0 Å². The van der Waals surface area contributed by atoms with Crippen molar-refractivity contribution >= 4 is 0 Å². The topological polar surface area (TPSA) is 18.0 Å². The lowest BCUT2D eigenvalue weighted by molar-refractivity contribution is -0.688. The minimum atomic E-state index is 0.630. The van der Waals surface area contributed by atoms with E-state index in [0.717, 1.165) is 13.2 Å². The molecule has 0 fully saturated rings. The van der Waals surface area contributed by atoms with Crippen molar-refractivity contribution in [1.82, 2.24) is 4.57 Å².